The summed E-state index contributed by atoms with van der Waals surface area (Å²) < 4.78 is 13.0. The Morgan fingerprint density at radius 1 is 1.28 bits per heavy atom. The van der Waals surface area contributed by atoms with E-state index in [0.29, 0.717) is 23.0 Å². The minimum Gasteiger partial charge on any atom is -0.340 e. The number of nitrogens with zero attached hydrogens (tertiary/aromatic N) is 3. The van der Waals surface area contributed by atoms with Gasteiger partial charge in [0.2, 0.25) is 0 Å². The molecule has 1 unspecified atom stereocenters. The predicted molar refractivity (Wildman–Crippen MR) is 95.4 cm³/mol. The molecule has 1 aromatic heterocycles. The van der Waals surface area contributed by atoms with Gasteiger partial charge < -0.3 is 10.2 Å². The van der Waals surface area contributed by atoms with Crippen LogP contribution in [0.1, 0.15) is 48.9 Å². The first kappa shape index (κ1) is 17.3. The SMILES string of the molecule is CCC1CCCCN1C(=O)c1cc(Nc2ccc(F)cc2)nc(C)n1. The van der Waals surface area contributed by atoms with Gasteiger partial charge in [0.15, 0.2) is 0 Å². The highest BCUT2D eigenvalue weighted by atomic mass is 19.1. The summed E-state index contributed by atoms with van der Waals surface area (Å²) in [5, 5.41) is 3.11. The van der Waals surface area contributed by atoms with Gasteiger partial charge in [-0.1, -0.05) is 6.92 Å². The number of hydrogen-bond acceptors (Lipinski definition) is 4. The zero-order valence-corrected chi connectivity index (χ0v) is 14.6. The van der Waals surface area contributed by atoms with Gasteiger partial charge >= 0.3 is 0 Å². The van der Waals surface area contributed by atoms with Crippen molar-refractivity contribution in [2.24, 2.45) is 0 Å². The maximum atomic E-state index is 13.0. The van der Waals surface area contributed by atoms with E-state index in [1.165, 1.54) is 18.6 Å². The Morgan fingerprint density at radius 2 is 2.04 bits per heavy atom. The van der Waals surface area contributed by atoms with Crippen LogP contribution < -0.4 is 5.32 Å². The molecule has 2 aromatic rings. The molecule has 1 N–H and O–H groups in total. The summed E-state index contributed by atoms with van der Waals surface area (Å²) in [4.78, 5) is 23.5. The molecule has 1 aliphatic heterocycles. The van der Waals surface area contributed by atoms with Gasteiger partial charge in [0.1, 0.15) is 23.2 Å². The zero-order chi connectivity index (χ0) is 17.8. The van der Waals surface area contributed by atoms with Gasteiger partial charge in [0, 0.05) is 24.3 Å². The monoisotopic (exact) mass is 342 g/mol. The fourth-order valence-electron chi connectivity index (χ4n) is 3.26. The normalized spacial score (nSPS) is 17.4. The third-order valence-corrected chi connectivity index (χ3v) is 4.53. The molecule has 5 nitrogen and oxygen atoms in total. The number of rotatable bonds is 4. The minimum absolute atomic E-state index is 0.0424. The summed E-state index contributed by atoms with van der Waals surface area (Å²) in [5.41, 5.74) is 1.11. The lowest BCUT2D eigenvalue weighted by atomic mass is 9.99. The van der Waals surface area contributed by atoms with Gasteiger partial charge in [0.25, 0.3) is 5.91 Å². The molecule has 1 fully saturated rings. The quantitative estimate of drug-likeness (QED) is 0.910. The Balaban J connectivity index is 1.83. The van der Waals surface area contributed by atoms with E-state index in [1.807, 2.05) is 4.90 Å². The summed E-state index contributed by atoms with van der Waals surface area (Å²) in [7, 11) is 0. The van der Waals surface area contributed by atoms with Gasteiger partial charge in [-0.15, -0.1) is 0 Å². The van der Waals surface area contributed by atoms with Crippen molar-refractivity contribution in [3.63, 3.8) is 0 Å². The summed E-state index contributed by atoms with van der Waals surface area (Å²) in [5.74, 6) is 0.725. The first-order valence-corrected chi connectivity index (χ1v) is 8.76. The molecule has 3 rings (SSSR count). The van der Waals surface area contributed by atoms with E-state index in [1.54, 1.807) is 25.1 Å². The Labute approximate surface area is 147 Å². The number of hydrogen-bond donors (Lipinski definition) is 1. The van der Waals surface area contributed by atoms with Crippen molar-refractivity contribution in [2.75, 3.05) is 11.9 Å². The lowest BCUT2D eigenvalue weighted by molar-refractivity contribution is 0.0601. The van der Waals surface area contributed by atoms with Gasteiger partial charge in [-0.05, 0) is 56.9 Å². The molecule has 132 valence electrons. The number of amides is 1. The zero-order valence-electron chi connectivity index (χ0n) is 14.6. The molecule has 1 aliphatic rings. The molecular formula is C19H23FN4O. The van der Waals surface area contributed by atoms with Gasteiger partial charge in [-0.3, -0.25) is 4.79 Å². The van der Waals surface area contributed by atoms with Crippen molar-refractivity contribution in [1.82, 2.24) is 14.9 Å². The lowest BCUT2D eigenvalue weighted by Crippen LogP contribution is -2.43. The van der Waals surface area contributed by atoms with Crippen LogP contribution >= 0.6 is 0 Å². The number of anilines is 2. The van der Waals surface area contributed by atoms with E-state index in [-0.39, 0.29) is 17.8 Å². The minimum atomic E-state index is -0.295. The van der Waals surface area contributed by atoms with E-state index in [2.05, 4.69) is 22.2 Å². The van der Waals surface area contributed by atoms with Crippen molar-refractivity contribution >= 4 is 17.4 Å². The molecule has 0 radical (unpaired) electrons. The van der Waals surface area contributed by atoms with E-state index < -0.39 is 0 Å². The van der Waals surface area contributed by atoms with E-state index in [4.69, 9.17) is 0 Å². The van der Waals surface area contributed by atoms with Crippen LogP contribution in [0.25, 0.3) is 0 Å². The Bertz CT molecular complexity index is 748. The van der Waals surface area contributed by atoms with Crippen molar-refractivity contribution < 1.29 is 9.18 Å². The molecule has 0 aliphatic carbocycles. The number of likely N-dealkylation sites (tertiary alicyclic amines) is 1. The highest BCUT2D eigenvalue weighted by Gasteiger charge is 2.27. The smallest absolute Gasteiger partial charge is 0.272 e. The van der Waals surface area contributed by atoms with Crippen LogP contribution in [-0.4, -0.2) is 33.4 Å². The summed E-state index contributed by atoms with van der Waals surface area (Å²) >= 11 is 0. The van der Waals surface area contributed by atoms with Crippen LogP contribution in [0, 0.1) is 12.7 Å². The van der Waals surface area contributed by atoms with E-state index in [9.17, 15) is 9.18 Å². The van der Waals surface area contributed by atoms with Crippen LogP contribution in [0.5, 0.6) is 0 Å². The average molecular weight is 342 g/mol. The number of carbonyl (C=O) groups is 1. The molecule has 0 bridgehead atoms. The fourth-order valence-corrected chi connectivity index (χ4v) is 3.26. The molecule has 0 spiro atoms. The number of piperidine rings is 1. The second kappa shape index (κ2) is 7.59. The van der Waals surface area contributed by atoms with Crippen molar-refractivity contribution in [2.45, 2.75) is 45.6 Å². The predicted octanol–water partition coefficient (Wildman–Crippen LogP) is 4.07. The Morgan fingerprint density at radius 3 is 2.76 bits per heavy atom. The van der Waals surface area contributed by atoms with Gasteiger partial charge in [-0.2, -0.15) is 0 Å². The van der Waals surface area contributed by atoms with E-state index in [0.717, 1.165) is 25.8 Å². The highest BCUT2D eigenvalue weighted by molar-refractivity contribution is 5.93. The van der Waals surface area contributed by atoms with Crippen LogP contribution in [0.4, 0.5) is 15.9 Å². The third-order valence-electron chi connectivity index (χ3n) is 4.53. The van der Waals surface area contributed by atoms with Crippen LogP contribution in [0.3, 0.4) is 0 Å². The highest BCUT2D eigenvalue weighted by Crippen LogP contribution is 2.23. The standard InChI is InChI=1S/C19H23FN4O/c1-3-16-6-4-5-11-24(16)19(25)17-12-18(22-13(2)21-17)23-15-9-7-14(20)8-10-15/h7-10,12,16H,3-6,11H2,1-2H3,(H,21,22,23). The largest absolute Gasteiger partial charge is 0.340 e. The molecule has 6 heteroatoms. The van der Waals surface area contributed by atoms with Crippen molar-refractivity contribution in [3.05, 3.63) is 47.7 Å². The second-order valence-electron chi connectivity index (χ2n) is 6.37. The van der Waals surface area contributed by atoms with E-state index >= 15 is 0 Å². The Kier molecular flexibility index (Phi) is 5.26. The second-order valence-corrected chi connectivity index (χ2v) is 6.37. The topological polar surface area (TPSA) is 58.1 Å². The maximum absolute atomic E-state index is 13.0. The third kappa shape index (κ3) is 4.13. The molecule has 1 saturated heterocycles. The average Bonchev–Trinajstić information content (AvgIpc) is 2.62. The van der Waals surface area contributed by atoms with Gasteiger partial charge in [-0.25, -0.2) is 14.4 Å². The number of aromatic nitrogens is 2. The summed E-state index contributed by atoms with van der Waals surface area (Å²) in [6.07, 6.45) is 4.21. The number of nitrogens with one attached hydrogen (secondary N) is 1. The number of aryl methyl sites for hydroxylation is 1. The maximum Gasteiger partial charge on any atom is 0.272 e. The number of benzene rings is 1. The number of halogens is 1. The van der Waals surface area contributed by atoms with Crippen LogP contribution in [0.2, 0.25) is 0 Å². The molecule has 0 saturated carbocycles. The van der Waals surface area contributed by atoms with Crippen molar-refractivity contribution in [3.8, 4) is 0 Å². The molecule has 1 amide bonds. The van der Waals surface area contributed by atoms with Crippen LogP contribution in [0.15, 0.2) is 30.3 Å². The fraction of sp³-hybridized carbons (Fsp3) is 0.421. The number of carbonyl (C=O) groups excluding carboxylic acids is 1. The molecule has 2 heterocycles. The molecule has 25 heavy (non-hydrogen) atoms. The first-order valence-electron chi connectivity index (χ1n) is 8.76. The molecule has 1 atom stereocenters. The lowest BCUT2D eigenvalue weighted by Gasteiger charge is -2.35. The Hall–Kier alpha value is -2.50. The van der Waals surface area contributed by atoms with Gasteiger partial charge in [0.05, 0.1) is 0 Å². The van der Waals surface area contributed by atoms with Crippen molar-refractivity contribution in [1.29, 1.82) is 0 Å². The molecule has 1 aromatic carbocycles. The summed E-state index contributed by atoms with van der Waals surface area (Å²) in [6.45, 7) is 4.66. The van der Waals surface area contributed by atoms with Crippen LogP contribution in [-0.2, 0) is 0 Å². The summed E-state index contributed by atoms with van der Waals surface area (Å²) in [6, 6.07) is 7.97. The first-order chi connectivity index (χ1) is 12.1. The molecular weight excluding hydrogens is 319 g/mol.